The molecule has 264 valence electrons. The Kier molecular flexibility index (Phi) is 10.0. The lowest BCUT2D eigenvalue weighted by Gasteiger charge is -2.43. The summed E-state index contributed by atoms with van der Waals surface area (Å²) in [4.78, 5) is 35.5. The third kappa shape index (κ3) is 6.14. The summed E-state index contributed by atoms with van der Waals surface area (Å²) >= 11 is 0. The van der Waals surface area contributed by atoms with Gasteiger partial charge in [-0.1, -0.05) is 25.1 Å². The summed E-state index contributed by atoms with van der Waals surface area (Å²) in [5.74, 6) is -1.49. The SMILES string of the molecule is CCOc1ccccc1C1(NC(=O)N2CCN(C3CCN(CC)CC3)CC2)C(=O)N(S(=O)(=O)c2ccc(OC)cc2)c2cc(F)c(C#N)cc21. The van der Waals surface area contributed by atoms with E-state index in [0.717, 1.165) is 44.6 Å². The molecule has 14 heteroatoms. The highest BCUT2D eigenvalue weighted by Crippen LogP contribution is 2.50. The fraction of sp³-hybridized carbons (Fsp3) is 0.417. The maximum atomic E-state index is 15.4. The van der Waals surface area contributed by atoms with Crippen LogP contribution in [-0.4, -0.2) is 101 Å². The maximum Gasteiger partial charge on any atom is 0.318 e. The van der Waals surface area contributed by atoms with Gasteiger partial charge in [0.15, 0.2) is 5.54 Å². The fourth-order valence-corrected chi connectivity index (χ4v) is 8.68. The van der Waals surface area contributed by atoms with Gasteiger partial charge in [0.1, 0.15) is 23.4 Å². The van der Waals surface area contributed by atoms with Crippen LogP contribution >= 0.6 is 0 Å². The minimum absolute atomic E-state index is 0.0700. The number of fused-ring (bicyclic) bond motifs is 1. The minimum Gasteiger partial charge on any atom is -0.497 e. The number of hydrogen-bond donors (Lipinski definition) is 1. The van der Waals surface area contributed by atoms with Crippen molar-refractivity contribution >= 4 is 27.6 Å². The zero-order valence-electron chi connectivity index (χ0n) is 28.4. The van der Waals surface area contributed by atoms with E-state index in [1.165, 1.54) is 31.4 Å². The Morgan fingerprint density at radius 2 is 1.68 bits per heavy atom. The number of hydrogen-bond acceptors (Lipinski definition) is 9. The van der Waals surface area contributed by atoms with Gasteiger partial charge in [-0.25, -0.2) is 17.6 Å². The highest BCUT2D eigenvalue weighted by molar-refractivity contribution is 7.93. The minimum atomic E-state index is -4.69. The molecule has 3 aromatic carbocycles. The molecule has 3 amide bonds. The zero-order valence-corrected chi connectivity index (χ0v) is 29.2. The highest BCUT2D eigenvalue weighted by Gasteiger charge is 2.59. The Hall–Kier alpha value is -4.71. The van der Waals surface area contributed by atoms with Crippen LogP contribution in [0.2, 0.25) is 0 Å². The number of carbonyl (C=O) groups excluding carboxylic acids is 2. The second-order valence-corrected chi connectivity index (χ2v) is 14.3. The highest BCUT2D eigenvalue weighted by atomic mass is 32.2. The first kappa shape index (κ1) is 35.1. The predicted molar refractivity (Wildman–Crippen MR) is 184 cm³/mol. The molecular formula is C36H41FN6O6S. The first-order valence-electron chi connectivity index (χ1n) is 16.8. The predicted octanol–water partition coefficient (Wildman–Crippen LogP) is 3.90. The van der Waals surface area contributed by atoms with Gasteiger partial charge in [-0.2, -0.15) is 9.57 Å². The molecule has 3 heterocycles. The second kappa shape index (κ2) is 14.3. The van der Waals surface area contributed by atoms with Gasteiger partial charge in [-0.15, -0.1) is 0 Å². The molecule has 2 saturated heterocycles. The number of likely N-dealkylation sites (tertiary alicyclic amines) is 1. The van der Waals surface area contributed by atoms with Gasteiger partial charge >= 0.3 is 6.03 Å². The molecule has 3 aliphatic heterocycles. The number of benzene rings is 3. The molecule has 2 fully saturated rings. The topological polar surface area (TPSA) is 136 Å². The molecule has 1 unspecified atom stereocenters. The number of rotatable bonds is 9. The summed E-state index contributed by atoms with van der Waals surface area (Å²) < 4.78 is 55.6. The molecule has 0 bridgehead atoms. The van der Waals surface area contributed by atoms with Crippen molar-refractivity contribution in [2.75, 3.05) is 63.8 Å². The van der Waals surface area contributed by atoms with E-state index >= 15 is 9.18 Å². The van der Waals surface area contributed by atoms with Gasteiger partial charge in [0.05, 0.1) is 29.9 Å². The number of ether oxygens (including phenoxy) is 2. The van der Waals surface area contributed by atoms with Crippen molar-refractivity contribution in [2.24, 2.45) is 0 Å². The molecule has 1 N–H and O–H groups in total. The molecule has 0 aromatic heterocycles. The quantitative estimate of drug-likeness (QED) is 0.352. The largest absolute Gasteiger partial charge is 0.497 e. The number of nitrogens with zero attached hydrogens (tertiary/aromatic N) is 5. The first-order chi connectivity index (χ1) is 24.1. The summed E-state index contributed by atoms with van der Waals surface area (Å²) in [6, 6.07) is 15.5. The molecule has 3 aromatic rings. The van der Waals surface area contributed by atoms with Gasteiger partial charge in [-0.05, 0) is 75.8 Å². The van der Waals surface area contributed by atoms with Crippen LogP contribution in [0.1, 0.15) is 43.4 Å². The van der Waals surface area contributed by atoms with Crippen molar-refractivity contribution in [2.45, 2.75) is 43.2 Å². The number of piperazine rings is 1. The van der Waals surface area contributed by atoms with Crippen LogP contribution in [0.5, 0.6) is 11.5 Å². The Morgan fingerprint density at radius 1 is 1.00 bits per heavy atom. The molecule has 0 aliphatic carbocycles. The Bertz CT molecular complexity index is 1900. The number of sulfonamides is 1. The van der Waals surface area contributed by atoms with Crippen LogP contribution in [0.4, 0.5) is 14.9 Å². The Labute approximate surface area is 292 Å². The van der Waals surface area contributed by atoms with E-state index in [-0.39, 0.29) is 34.1 Å². The molecular weight excluding hydrogens is 663 g/mol. The average molecular weight is 705 g/mol. The molecule has 12 nitrogen and oxygen atoms in total. The second-order valence-electron chi connectivity index (χ2n) is 12.5. The number of anilines is 1. The fourth-order valence-electron chi connectivity index (χ4n) is 7.22. The van der Waals surface area contributed by atoms with E-state index in [0.29, 0.717) is 42.3 Å². The third-order valence-corrected chi connectivity index (χ3v) is 11.7. The monoisotopic (exact) mass is 704 g/mol. The number of urea groups is 1. The summed E-state index contributed by atoms with van der Waals surface area (Å²) in [7, 11) is -3.26. The lowest BCUT2D eigenvalue weighted by molar-refractivity contribution is -0.121. The molecule has 0 radical (unpaired) electrons. The molecule has 3 aliphatic rings. The Morgan fingerprint density at radius 3 is 2.30 bits per heavy atom. The van der Waals surface area contributed by atoms with Crippen LogP contribution < -0.4 is 19.1 Å². The molecule has 0 spiro atoms. The molecule has 50 heavy (non-hydrogen) atoms. The number of nitrogens with one attached hydrogen (secondary N) is 1. The van der Waals surface area contributed by atoms with E-state index in [4.69, 9.17) is 9.47 Å². The summed E-state index contributed by atoms with van der Waals surface area (Å²) in [6.45, 7) is 9.24. The summed E-state index contributed by atoms with van der Waals surface area (Å²) in [5.41, 5.74) is -2.88. The normalized spacial score (nSPS) is 20.3. The lowest BCUT2D eigenvalue weighted by Crippen LogP contribution is -2.61. The van der Waals surface area contributed by atoms with Gasteiger partial charge in [0.2, 0.25) is 0 Å². The van der Waals surface area contributed by atoms with Crippen molar-refractivity contribution in [1.29, 1.82) is 5.26 Å². The summed E-state index contributed by atoms with van der Waals surface area (Å²) in [5, 5.41) is 12.8. The number of amides is 3. The van der Waals surface area contributed by atoms with E-state index < -0.39 is 38.9 Å². The van der Waals surface area contributed by atoms with Crippen LogP contribution in [0.25, 0.3) is 0 Å². The maximum absolute atomic E-state index is 15.4. The zero-order chi connectivity index (χ0) is 35.6. The number of halogens is 1. The number of piperidine rings is 1. The number of methoxy groups -OCH3 is 1. The molecule has 0 saturated carbocycles. The Balaban J connectivity index is 1.43. The van der Waals surface area contributed by atoms with Crippen molar-refractivity contribution < 1.29 is 31.9 Å². The van der Waals surface area contributed by atoms with Crippen molar-refractivity contribution in [3.63, 3.8) is 0 Å². The van der Waals surface area contributed by atoms with E-state index in [1.807, 2.05) is 0 Å². The van der Waals surface area contributed by atoms with Crippen LogP contribution in [-0.2, 0) is 20.4 Å². The van der Waals surface area contributed by atoms with E-state index in [1.54, 1.807) is 42.2 Å². The third-order valence-electron chi connectivity index (χ3n) is 9.94. The van der Waals surface area contributed by atoms with Gasteiger partial charge in [0, 0.05) is 49.4 Å². The smallest absolute Gasteiger partial charge is 0.318 e. The van der Waals surface area contributed by atoms with Crippen molar-refractivity contribution in [3.05, 3.63) is 83.2 Å². The van der Waals surface area contributed by atoms with Crippen LogP contribution in [0.3, 0.4) is 0 Å². The first-order valence-corrected chi connectivity index (χ1v) is 18.3. The number of carbonyl (C=O) groups is 2. The van der Waals surface area contributed by atoms with Crippen LogP contribution in [0, 0.1) is 17.1 Å². The van der Waals surface area contributed by atoms with Gasteiger partial charge < -0.3 is 24.6 Å². The van der Waals surface area contributed by atoms with Crippen LogP contribution in [0.15, 0.2) is 65.6 Å². The summed E-state index contributed by atoms with van der Waals surface area (Å²) in [6.07, 6.45) is 2.11. The lowest BCUT2D eigenvalue weighted by atomic mass is 9.82. The van der Waals surface area contributed by atoms with Gasteiger partial charge in [0.25, 0.3) is 15.9 Å². The number of para-hydroxylation sites is 1. The number of nitriles is 1. The van der Waals surface area contributed by atoms with Gasteiger partial charge in [-0.3, -0.25) is 9.69 Å². The van der Waals surface area contributed by atoms with E-state index in [9.17, 15) is 18.5 Å². The van der Waals surface area contributed by atoms with Crippen molar-refractivity contribution in [1.82, 2.24) is 20.0 Å². The average Bonchev–Trinajstić information content (AvgIpc) is 3.38. The van der Waals surface area contributed by atoms with E-state index in [2.05, 4.69) is 22.0 Å². The molecule has 6 rings (SSSR count). The molecule has 1 atom stereocenters. The standard InChI is InChI=1S/C36H41FN6O6S/c1-4-40-16-14-26(15-17-40)41-18-20-42(21-19-41)35(45)39-36(29-8-6-7-9-33(29)49-5-2)30-22-25(24-38)31(37)23-32(30)43(34(36)44)50(46,47)28-12-10-27(48-3)11-13-28/h6-13,22-23,26H,4-5,14-21H2,1-3H3,(H,39,45). The van der Waals surface area contributed by atoms with Crippen molar-refractivity contribution in [3.8, 4) is 17.6 Å².